The van der Waals surface area contributed by atoms with E-state index in [2.05, 4.69) is 4.40 Å². The van der Waals surface area contributed by atoms with Gasteiger partial charge in [-0.2, -0.15) is 13.5 Å². The van der Waals surface area contributed by atoms with Gasteiger partial charge in [0.15, 0.2) is 11.4 Å². The molecule has 1 unspecified atom stereocenters. The van der Waals surface area contributed by atoms with Crippen LogP contribution in [0.3, 0.4) is 0 Å². The summed E-state index contributed by atoms with van der Waals surface area (Å²) in [4.78, 5) is 12.1. The van der Waals surface area contributed by atoms with E-state index in [1.54, 1.807) is 30.1 Å². The van der Waals surface area contributed by atoms with Gasteiger partial charge >= 0.3 is 5.97 Å². The van der Waals surface area contributed by atoms with Gasteiger partial charge in [-0.15, -0.1) is 4.40 Å². The molecule has 0 amide bonds. The van der Waals surface area contributed by atoms with Crippen molar-refractivity contribution in [2.75, 3.05) is 19.8 Å². The number of hydrogen-bond acceptors (Lipinski definition) is 6. The van der Waals surface area contributed by atoms with E-state index in [0.717, 1.165) is 22.3 Å². The van der Waals surface area contributed by atoms with Gasteiger partial charge in [-0.05, 0) is 80.8 Å². The number of ether oxygens (including phenoxy) is 2. The topological polar surface area (TPSA) is 97.6 Å². The molecule has 0 radical (unpaired) electrons. The Balaban J connectivity index is 1.73. The molecule has 248 valence electrons. The molecule has 48 heavy (non-hydrogen) atoms. The first-order chi connectivity index (χ1) is 22.9. The first-order valence-corrected chi connectivity index (χ1v) is 17.5. The third kappa shape index (κ3) is 7.71. The number of halogens is 2. The standard InChI is InChI=1S/C37H35Cl2N3O5S/c1-5-46-33(43)12-9-21-47-37(29-10-7-6-8-11-29)24-42(40-35(37)28-13-15-30(38)16-14-28)36(34-26(3)22-25(2)23-27(34)4)41-48(44,45)32-19-17-31(39)18-20-32/h6-20,22-23H,5,21,24H2,1-4H3/b12-9-,41-36+. The molecular formula is C37H35Cl2N3O5S. The van der Waals surface area contributed by atoms with Gasteiger partial charge in [0.1, 0.15) is 5.71 Å². The molecule has 0 saturated carbocycles. The van der Waals surface area contributed by atoms with Crippen LogP contribution in [0.2, 0.25) is 10.0 Å². The highest BCUT2D eigenvalue weighted by Crippen LogP contribution is 2.39. The average Bonchev–Trinajstić information content (AvgIpc) is 3.44. The molecule has 8 nitrogen and oxygen atoms in total. The van der Waals surface area contributed by atoms with Crippen LogP contribution in [0.4, 0.5) is 0 Å². The number of hydrazone groups is 1. The zero-order valence-electron chi connectivity index (χ0n) is 27.0. The van der Waals surface area contributed by atoms with Crippen LogP contribution in [-0.2, 0) is 29.9 Å². The van der Waals surface area contributed by atoms with Crippen LogP contribution < -0.4 is 0 Å². The molecule has 11 heteroatoms. The van der Waals surface area contributed by atoms with Crippen molar-refractivity contribution in [3.63, 3.8) is 0 Å². The van der Waals surface area contributed by atoms with Crippen molar-refractivity contribution in [3.8, 4) is 0 Å². The smallest absolute Gasteiger partial charge is 0.330 e. The molecule has 1 aliphatic rings. The molecular weight excluding hydrogens is 669 g/mol. The number of carbonyl (C=O) groups excluding carboxylic acids is 1. The van der Waals surface area contributed by atoms with Crippen molar-refractivity contribution in [2.24, 2.45) is 9.50 Å². The SMILES string of the molecule is CCOC(=O)/C=C\COC1(c2ccccc2)CN(/C(=N/S(=O)(=O)c2ccc(Cl)cc2)c2c(C)cc(C)cc2C)N=C1c1ccc(Cl)cc1. The van der Waals surface area contributed by atoms with E-state index in [0.29, 0.717) is 26.9 Å². The lowest BCUT2D eigenvalue weighted by atomic mass is 9.85. The Kier molecular flexibility index (Phi) is 10.9. The van der Waals surface area contributed by atoms with Crippen LogP contribution in [0, 0.1) is 20.8 Å². The minimum absolute atomic E-state index is 0.0115. The third-order valence-electron chi connectivity index (χ3n) is 7.76. The molecule has 4 aromatic rings. The summed E-state index contributed by atoms with van der Waals surface area (Å²) >= 11 is 12.4. The average molecular weight is 705 g/mol. The van der Waals surface area contributed by atoms with E-state index in [1.165, 1.54) is 30.3 Å². The van der Waals surface area contributed by atoms with Crippen molar-refractivity contribution >= 4 is 50.7 Å². The number of benzene rings is 4. The van der Waals surface area contributed by atoms with Crippen molar-refractivity contribution in [2.45, 2.75) is 38.2 Å². The maximum Gasteiger partial charge on any atom is 0.330 e. The van der Waals surface area contributed by atoms with Crippen LogP contribution in [0.5, 0.6) is 0 Å². The lowest BCUT2D eigenvalue weighted by Crippen LogP contribution is -2.43. The number of rotatable bonds is 10. The summed E-state index contributed by atoms with van der Waals surface area (Å²) in [5, 5.41) is 7.62. The summed E-state index contributed by atoms with van der Waals surface area (Å²) in [6.45, 7) is 7.88. The fourth-order valence-corrected chi connectivity index (χ4v) is 6.98. The van der Waals surface area contributed by atoms with Gasteiger partial charge in [-0.3, -0.25) is 0 Å². The van der Waals surface area contributed by atoms with E-state index in [-0.39, 0.29) is 30.5 Å². The summed E-state index contributed by atoms with van der Waals surface area (Å²) in [6, 6.07) is 26.6. The molecule has 4 aromatic carbocycles. The summed E-state index contributed by atoms with van der Waals surface area (Å²) in [7, 11) is -4.23. The zero-order valence-corrected chi connectivity index (χ0v) is 29.3. The Bertz CT molecular complexity index is 1970. The first kappa shape index (κ1) is 35.0. The van der Waals surface area contributed by atoms with E-state index >= 15 is 0 Å². The Morgan fingerprint density at radius 2 is 1.54 bits per heavy atom. The predicted octanol–water partition coefficient (Wildman–Crippen LogP) is 7.81. The first-order valence-electron chi connectivity index (χ1n) is 15.3. The number of amidine groups is 1. The summed E-state index contributed by atoms with van der Waals surface area (Å²) in [6.07, 6.45) is 2.90. The Morgan fingerprint density at radius 1 is 0.938 bits per heavy atom. The van der Waals surface area contributed by atoms with Crippen molar-refractivity contribution in [3.05, 3.63) is 147 Å². The van der Waals surface area contributed by atoms with E-state index in [1.807, 2.05) is 75.4 Å². The van der Waals surface area contributed by atoms with E-state index < -0.39 is 21.6 Å². The normalized spacial score (nSPS) is 16.8. The monoisotopic (exact) mass is 703 g/mol. The van der Waals surface area contributed by atoms with Gasteiger partial charge in [0.2, 0.25) is 0 Å². The summed E-state index contributed by atoms with van der Waals surface area (Å²) in [5.74, 6) is -0.350. The van der Waals surface area contributed by atoms with Gasteiger partial charge in [0.05, 0.1) is 24.7 Å². The molecule has 0 spiro atoms. The van der Waals surface area contributed by atoms with Crippen molar-refractivity contribution in [1.29, 1.82) is 0 Å². The largest absolute Gasteiger partial charge is 0.463 e. The van der Waals surface area contributed by atoms with Crippen LogP contribution in [0.15, 0.2) is 118 Å². The molecule has 1 heterocycles. The highest BCUT2D eigenvalue weighted by Gasteiger charge is 2.48. The van der Waals surface area contributed by atoms with Gasteiger partial charge < -0.3 is 9.47 Å². The second-order valence-corrected chi connectivity index (χ2v) is 13.8. The van der Waals surface area contributed by atoms with Gasteiger partial charge in [0, 0.05) is 27.2 Å². The molecule has 1 aliphatic heterocycles. The molecule has 0 N–H and O–H groups in total. The minimum atomic E-state index is -4.23. The summed E-state index contributed by atoms with van der Waals surface area (Å²) in [5.41, 5.74) is 4.06. The Hall–Kier alpha value is -4.28. The van der Waals surface area contributed by atoms with Crippen molar-refractivity contribution < 1.29 is 22.7 Å². The van der Waals surface area contributed by atoms with E-state index in [9.17, 15) is 13.2 Å². The summed E-state index contributed by atoms with van der Waals surface area (Å²) < 4.78 is 44.0. The number of hydrogen-bond donors (Lipinski definition) is 0. The fraction of sp³-hybridized carbons (Fsp3) is 0.216. The van der Waals surface area contributed by atoms with Gasteiger partial charge in [-0.25, -0.2) is 9.80 Å². The highest BCUT2D eigenvalue weighted by atomic mass is 35.5. The molecule has 1 atom stereocenters. The lowest BCUT2D eigenvalue weighted by Gasteiger charge is -2.32. The molecule has 0 aliphatic carbocycles. The Morgan fingerprint density at radius 3 is 2.15 bits per heavy atom. The molecule has 0 fully saturated rings. The maximum atomic E-state index is 13.9. The van der Waals surface area contributed by atoms with Crippen molar-refractivity contribution in [1.82, 2.24) is 5.01 Å². The molecule has 0 aromatic heterocycles. The van der Waals surface area contributed by atoms with E-state index in [4.69, 9.17) is 37.8 Å². The quantitative estimate of drug-likeness (QED) is 0.0724. The van der Waals surface area contributed by atoms with Gasteiger partial charge in [-0.1, -0.05) is 89.4 Å². The van der Waals surface area contributed by atoms with Crippen LogP contribution >= 0.6 is 23.2 Å². The third-order valence-corrected chi connectivity index (χ3v) is 9.55. The zero-order chi connectivity index (χ0) is 34.5. The molecule has 0 bridgehead atoms. The predicted molar refractivity (Wildman–Crippen MR) is 190 cm³/mol. The molecule has 0 saturated heterocycles. The number of carbonyl (C=O) groups is 1. The number of sulfonamides is 1. The highest BCUT2D eigenvalue weighted by molar-refractivity contribution is 7.90. The fourth-order valence-electron chi connectivity index (χ4n) is 5.73. The molecule has 5 rings (SSSR count). The Labute approximate surface area is 291 Å². The second-order valence-electron chi connectivity index (χ2n) is 11.3. The van der Waals surface area contributed by atoms with Crippen LogP contribution in [0.25, 0.3) is 0 Å². The van der Waals surface area contributed by atoms with Crippen LogP contribution in [0.1, 0.15) is 40.3 Å². The minimum Gasteiger partial charge on any atom is -0.463 e. The van der Waals surface area contributed by atoms with Gasteiger partial charge in [0.25, 0.3) is 10.0 Å². The second kappa shape index (κ2) is 14.9. The number of aryl methyl sites for hydroxylation is 3. The number of nitrogens with zero attached hydrogens (tertiary/aromatic N) is 3. The lowest BCUT2D eigenvalue weighted by molar-refractivity contribution is -0.137. The number of esters is 1. The van der Waals surface area contributed by atoms with Crippen LogP contribution in [-0.4, -0.2) is 50.7 Å². The maximum absolute atomic E-state index is 13.9.